The molecular formula is C16H14FN3O4S. The van der Waals surface area contributed by atoms with E-state index in [-0.39, 0.29) is 11.3 Å². The highest BCUT2D eigenvalue weighted by Gasteiger charge is 2.22. The number of pyridine rings is 1. The number of aryl methyl sites for hydroxylation is 1. The van der Waals surface area contributed by atoms with Gasteiger partial charge in [-0.05, 0) is 36.8 Å². The van der Waals surface area contributed by atoms with Gasteiger partial charge < -0.3 is 9.63 Å². The topological polar surface area (TPSA) is 119 Å². The first-order chi connectivity index (χ1) is 11.8. The van der Waals surface area contributed by atoms with Crippen molar-refractivity contribution in [2.24, 2.45) is 5.14 Å². The van der Waals surface area contributed by atoms with E-state index >= 15 is 0 Å². The molecule has 9 heteroatoms. The number of primary sulfonamides is 1. The molecule has 130 valence electrons. The quantitative estimate of drug-likeness (QED) is 0.731. The fourth-order valence-corrected chi connectivity index (χ4v) is 3.06. The summed E-state index contributed by atoms with van der Waals surface area (Å²) in [6, 6.07) is 8.71. The Hall–Kier alpha value is -2.62. The van der Waals surface area contributed by atoms with Crippen LogP contribution in [0.15, 0.2) is 45.8 Å². The molecule has 2 heterocycles. The first-order valence-electron chi connectivity index (χ1n) is 7.17. The Balaban J connectivity index is 2.21. The van der Waals surface area contributed by atoms with E-state index in [0.717, 1.165) is 17.8 Å². The van der Waals surface area contributed by atoms with Crippen LogP contribution in [0.4, 0.5) is 4.39 Å². The number of rotatable bonds is 4. The molecule has 1 aromatic carbocycles. The van der Waals surface area contributed by atoms with E-state index in [1.807, 2.05) is 0 Å². The normalized spacial score (nSPS) is 11.7. The van der Waals surface area contributed by atoms with E-state index in [1.54, 1.807) is 25.1 Å². The molecule has 0 fully saturated rings. The van der Waals surface area contributed by atoms with Crippen molar-refractivity contribution < 1.29 is 22.4 Å². The largest absolute Gasteiger partial charge is 0.388 e. The van der Waals surface area contributed by atoms with Crippen LogP contribution in [0.1, 0.15) is 11.5 Å². The Morgan fingerprint density at radius 1 is 1.28 bits per heavy atom. The van der Waals surface area contributed by atoms with E-state index in [4.69, 9.17) is 9.66 Å². The monoisotopic (exact) mass is 363 g/mol. The first-order valence-corrected chi connectivity index (χ1v) is 8.72. The van der Waals surface area contributed by atoms with Gasteiger partial charge in [-0.3, -0.25) is 4.98 Å². The minimum absolute atomic E-state index is 0.112. The van der Waals surface area contributed by atoms with Gasteiger partial charge in [0.15, 0.2) is 5.76 Å². The summed E-state index contributed by atoms with van der Waals surface area (Å²) in [4.78, 5) is 3.73. The number of aliphatic hydroxyl groups is 1. The minimum Gasteiger partial charge on any atom is -0.388 e. The molecule has 0 radical (unpaired) electrons. The molecule has 0 spiro atoms. The predicted molar refractivity (Wildman–Crippen MR) is 87.2 cm³/mol. The fourth-order valence-electron chi connectivity index (χ4n) is 2.47. The van der Waals surface area contributed by atoms with Crippen molar-refractivity contribution >= 4 is 10.0 Å². The van der Waals surface area contributed by atoms with Crippen molar-refractivity contribution in [2.75, 3.05) is 0 Å². The SMILES string of the molecule is Cc1cccc(-c2noc(CO)c2-c2ccc(S(N)(=O)=O)c(F)c2)n1. The molecule has 7 nitrogen and oxygen atoms in total. The molecule has 2 aromatic heterocycles. The Labute approximate surface area is 143 Å². The van der Waals surface area contributed by atoms with Gasteiger partial charge in [-0.25, -0.2) is 17.9 Å². The number of sulfonamides is 1. The average Bonchev–Trinajstić information content (AvgIpc) is 2.97. The van der Waals surface area contributed by atoms with Crippen LogP contribution in [-0.4, -0.2) is 23.7 Å². The van der Waals surface area contributed by atoms with Gasteiger partial charge in [0.25, 0.3) is 0 Å². The van der Waals surface area contributed by atoms with Crippen molar-refractivity contribution in [3.05, 3.63) is 53.7 Å². The van der Waals surface area contributed by atoms with E-state index in [0.29, 0.717) is 17.0 Å². The van der Waals surface area contributed by atoms with Crippen LogP contribution in [0.25, 0.3) is 22.5 Å². The van der Waals surface area contributed by atoms with Gasteiger partial charge >= 0.3 is 0 Å². The molecule has 0 bridgehead atoms. The molecule has 0 aliphatic heterocycles. The maximum atomic E-state index is 14.2. The highest BCUT2D eigenvalue weighted by atomic mass is 32.2. The lowest BCUT2D eigenvalue weighted by Gasteiger charge is -2.06. The summed E-state index contributed by atoms with van der Waals surface area (Å²) in [7, 11) is -4.18. The van der Waals surface area contributed by atoms with Gasteiger partial charge in [-0.15, -0.1) is 0 Å². The summed E-state index contributed by atoms with van der Waals surface area (Å²) in [6.45, 7) is 1.34. The van der Waals surface area contributed by atoms with Crippen LogP contribution in [-0.2, 0) is 16.6 Å². The van der Waals surface area contributed by atoms with Crippen LogP contribution in [0.2, 0.25) is 0 Å². The summed E-state index contributed by atoms with van der Waals surface area (Å²) in [5, 5.41) is 18.4. The minimum atomic E-state index is -4.18. The molecule has 3 rings (SSSR count). The molecule has 0 aliphatic rings. The lowest BCUT2D eigenvalue weighted by molar-refractivity contribution is 0.230. The lowest BCUT2D eigenvalue weighted by Crippen LogP contribution is -2.14. The number of hydrogen-bond acceptors (Lipinski definition) is 6. The third-order valence-corrected chi connectivity index (χ3v) is 4.51. The predicted octanol–water partition coefficient (Wildman–Crippen LogP) is 1.99. The summed E-state index contributed by atoms with van der Waals surface area (Å²) in [5.41, 5.74) is 2.16. The Bertz CT molecular complexity index is 1050. The zero-order valence-electron chi connectivity index (χ0n) is 13.1. The summed E-state index contributed by atoms with van der Waals surface area (Å²) in [5.74, 6) is -0.894. The molecule has 25 heavy (non-hydrogen) atoms. The third kappa shape index (κ3) is 3.29. The van der Waals surface area contributed by atoms with Crippen molar-refractivity contribution in [3.8, 4) is 22.5 Å². The van der Waals surface area contributed by atoms with E-state index < -0.39 is 27.3 Å². The highest BCUT2D eigenvalue weighted by Crippen LogP contribution is 2.35. The number of benzene rings is 1. The molecule has 0 unspecified atom stereocenters. The Morgan fingerprint density at radius 3 is 2.64 bits per heavy atom. The molecule has 0 saturated heterocycles. The van der Waals surface area contributed by atoms with Gasteiger partial charge in [-0.1, -0.05) is 17.3 Å². The number of hydrogen-bond donors (Lipinski definition) is 2. The van der Waals surface area contributed by atoms with Gasteiger partial charge in [0, 0.05) is 5.69 Å². The molecular weight excluding hydrogens is 349 g/mol. The maximum absolute atomic E-state index is 14.2. The number of aromatic nitrogens is 2. The lowest BCUT2D eigenvalue weighted by atomic mass is 10.0. The number of aliphatic hydroxyl groups excluding tert-OH is 1. The molecule has 0 amide bonds. The Kier molecular flexibility index (Phi) is 4.38. The summed E-state index contributed by atoms with van der Waals surface area (Å²) in [6.07, 6.45) is 0. The van der Waals surface area contributed by atoms with Crippen LogP contribution in [0.5, 0.6) is 0 Å². The van der Waals surface area contributed by atoms with E-state index in [1.165, 1.54) is 6.07 Å². The van der Waals surface area contributed by atoms with Crippen LogP contribution < -0.4 is 5.14 Å². The molecule has 0 saturated carbocycles. The maximum Gasteiger partial charge on any atom is 0.240 e. The van der Waals surface area contributed by atoms with Crippen molar-refractivity contribution in [1.29, 1.82) is 0 Å². The number of nitrogens with zero attached hydrogens (tertiary/aromatic N) is 2. The first kappa shape index (κ1) is 17.2. The van der Waals surface area contributed by atoms with Gasteiger partial charge in [0.1, 0.15) is 23.0 Å². The van der Waals surface area contributed by atoms with Crippen molar-refractivity contribution in [2.45, 2.75) is 18.4 Å². The highest BCUT2D eigenvalue weighted by molar-refractivity contribution is 7.89. The zero-order chi connectivity index (χ0) is 18.2. The molecule has 3 N–H and O–H groups in total. The summed E-state index contributed by atoms with van der Waals surface area (Å²) < 4.78 is 42.0. The number of nitrogens with two attached hydrogens (primary N) is 1. The standard InChI is InChI=1S/C16H14FN3O4S/c1-9-3-2-4-12(19-9)16-15(13(8-21)24-20-16)10-5-6-14(11(17)7-10)25(18,22)23/h2-7,21H,8H2,1H3,(H2,18,22,23). The second kappa shape index (κ2) is 6.36. The van der Waals surface area contributed by atoms with Gasteiger partial charge in [0.05, 0.1) is 11.3 Å². The summed E-state index contributed by atoms with van der Waals surface area (Å²) >= 11 is 0. The van der Waals surface area contributed by atoms with Crippen LogP contribution in [0.3, 0.4) is 0 Å². The van der Waals surface area contributed by atoms with E-state index in [2.05, 4.69) is 10.1 Å². The second-order valence-electron chi connectivity index (χ2n) is 5.34. The third-order valence-electron chi connectivity index (χ3n) is 3.56. The van der Waals surface area contributed by atoms with Crippen molar-refractivity contribution in [1.82, 2.24) is 10.1 Å². The average molecular weight is 363 g/mol. The van der Waals surface area contributed by atoms with Gasteiger partial charge in [0.2, 0.25) is 10.0 Å². The zero-order valence-corrected chi connectivity index (χ0v) is 13.9. The molecule has 3 aromatic rings. The molecule has 0 aliphatic carbocycles. The number of halogens is 1. The second-order valence-corrected chi connectivity index (χ2v) is 6.87. The Morgan fingerprint density at radius 2 is 2.04 bits per heavy atom. The molecule has 0 atom stereocenters. The smallest absolute Gasteiger partial charge is 0.240 e. The van der Waals surface area contributed by atoms with E-state index in [9.17, 15) is 17.9 Å². The van der Waals surface area contributed by atoms with Crippen LogP contribution in [0, 0.1) is 12.7 Å². The van der Waals surface area contributed by atoms with Crippen molar-refractivity contribution in [3.63, 3.8) is 0 Å². The van der Waals surface area contributed by atoms with Gasteiger partial charge in [-0.2, -0.15) is 0 Å². The fraction of sp³-hybridized carbons (Fsp3) is 0.125. The van der Waals surface area contributed by atoms with Crippen LogP contribution >= 0.6 is 0 Å².